The average molecular weight is 362 g/mol. The summed E-state index contributed by atoms with van der Waals surface area (Å²) in [6.45, 7) is 1.57. The van der Waals surface area contributed by atoms with Gasteiger partial charge in [0.25, 0.3) is 0 Å². The number of carbonyl (C=O) groups excluding carboxylic acids is 1. The van der Waals surface area contributed by atoms with Crippen LogP contribution in [0.5, 0.6) is 0 Å². The Hall–Kier alpha value is -1.63. The maximum absolute atomic E-state index is 13.2. The van der Waals surface area contributed by atoms with Gasteiger partial charge in [-0.05, 0) is 30.7 Å². The lowest BCUT2D eigenvalue weighted by molar-refractivity contribution is -0.194. The number of hydrogen-bond donors (Lipinski definition) is 3. The van der Waals surface area contributed by atoms with Gasteiger partial charge in [-0.3, -0.25) is 4.79 Å². The highest BCUT2D eigenvalue weighted by atomic mass is 16.6. The number of fused-ring (bicyclic) bond motifs is 2. The Morgan fingerprint density at radius 1 is 1.35 bits per heavy atom. The van der Waals surface area contributed by atoms with Crippen molar-refractivity contribution in [1.82, 2.24) is 0 Å². The van der Waals surface area contributed by atoms with Crippen molar-refractivity contribution in [3.8, 4) is 0 Å². The normalized spacial score (nSPS) is 44.9. The van der Waals surface area contributed by atoms with Gasteiger partial charge in [-0.1, -0.05) is 19.1 Å². The molecule has 1 saturated carbocycles. The number of rotatable bonds is 3. The van der Waals surface area contributed by atoms with E-state index in [1.165, 1.54) is 0 Å². The Kier molecular flexibility index (Phi) is 4.25. The molecule has 4 rings (SSSR count). The Bertz CT molecular complexity index is 697. The topological polar surface area (TPSA) is 100 Å². The van der Waals surface area contributed by atoms with Crippen LogP contribution >= 0.6 is 0 Å². The maximum atomic E-state index is 13.2. The molecule has 2 fully saturated rings. The minimum atomic E-state index is -0.930. The van der Waals surface area contributed by atoms with E-state index in [0.29, 0.717) is 19.3 Å². The molecule has 1 aromatic rings. The lowest BCUT2D eigenvalue weighted by Crippen LogP contribution is -2.64. The van der Waals surface area contributed by atoms with Crippen LogP contribution < -0.4 is 0 Å². The van der Waals surface area contributed by atoms with Crippen molar-refractivity contribution in [2.75, 3.05) is 13.2 Å². The van der Waals surface area contributed by atoms with E-state index in [2.05, 4.69) is 0 Å². The summed E-state index contributed by atoms with van der Waals surface area (Å²) in [5.41, 5.74) is -0.934. The number of hydrogen-bond acceptors (Lipinski definition) is 6. The quantitative estimate of drug-likeness (QED) is 0.560. The number of aliphatic hydroxyl groups excluding tert-OH is 3. The van der Waals surface area contributed by atoms with Crippen molar-refractivity contribution in [3.63, 3.8) is 0 Å². The first-order chi connectivity index (χ1) is 12.5. The Balaban J connectivity index is 1.81. The third-order valence-corrected chi connectivity index (χ3v) is 7.28. The van der Waals surface area contributed by atoms with Crippen LogP contribution in [0.2, 0.25) is 0 Å². The van der Waals surface area contributed by atoms with Crippen LogP contribution in [0.15, 0.2) is 35.2 Å². The van der Waals surface area contributed by atoms with E-state index in [0.717, 1.165) is 5.56 Å². The largest absolute Gasteiger partial charge is 0.472 e. The molecule has 1 spiro atoms. The van der Waals surface area contributed by atoms with Crippen molar-refractivity contribution >= 4 is 5.97 Å². The van der Waals surface area contributed by atoms with E-state index in [-0.39, 0.29) is 36.9 Å². The van der Waals surface area contributed by atoms with Gasteiger partial charge in [-0.25, -0.2) is 0 Å². The van der Waals surface area contributed by atoms with Crippen LogP contribution in [-0.4, -0.2) is 40.6 Å². The molecule has 26 heavy (non-hydrogen) atoms. The summed E-state index contributed by atoms with van der Waals surface area (Å²) in [5.74, 6) is -1.06. The van der Waals surface area contributed by atoms with Crippen LogP contribution in [0.25, 0.3) is 0 Å². The number of allylic oxidation sites excluding steroid dienone is 2. The summed E-state index contributed by atoms with van der Waals surface area (Å²) in [4.78, 5) is 13.2. The van der Waals surface area contributed by atoms with Crippen molar-refractivity contribution < 1.29 is 29.3 Å². The molecular formula is C20H26O6. The van der Waals surface area contributed by atoms with E-state index in [9.17, 15) is 20.1 Å². The fourth-order valence-electron chi connectivity index (χ4n) is 5.78. The first-order valence-corrected chi connectivity index (χ1v) is 9.30. The molecule has 7 atom stereocenters. The van der Waals surface area contributed by atoms with E-state index in [1.54, 1.807) is 18.6 Å². The van der Waals surface area contributed by atoms with Crippen molar-refractivity contribution in [3.05, 3.63) is 36.3 Å². The molecule has 1 saturated heterocycles. The van der Waals surface area contributed by atoms with Crippen molar-refractivity contribution in [2.24, 2.45) is 28.6 Å². The summed E-state index contributed by atoms with van der Waals surface area (Å²) in [7, 11) is 0. The molecule has 6 nitrogen and oxygen atoms in total. The minimum absolute atomic E-state index is 0.103. The highest BCUT2D eigenvalue weighted by Crippen LogP contribution is 2.65. The molecule has 3 aliphatic rings. The number of ether oxygens (including phenoxy) is 1. The maximum Gasteiger partial charge on any atom is 0.313 e. The van der Waals surface area contributed by atoms with Gasteiger partial charge in [0.15, 0.2) is 0 Å². The molecular weight excluding hydrogens is 336 g/mol. The van der Waals surface area contributed by atoms with Gasteiger partial charge in [0.1, 0.15) is 6.10 Å². The van der Waals surface area contributed by atoms with E-state index in [1.807, 2.05) is 19.1 Å². The van der Waals surface area contributed by atoms with Gasteiger partial charge in [-0.15, -0.1) is 0 Å². The fraction of sp³-hybridized carbons (Fsp3) is 0.650. The monoisotopic (exact) mass is 362 g/mol. The lowest BCUT2D eigenvalue weighted by Gasteiger charge is -2.59. The summed E-state index contributed by atoms with van der Waals surface area (Å²) >= 11 is 0. The third-order valence-electron chi connectivity index (χ3n) is 7.28. The molecule has 2 heterocycles. The summed E-state index contributed by atoms with van der Waals surface area (Å²) < 4.78 is 10.9. The first kappa shape index (κ1) is 17.8. The number of aliphatic hydroxyl groups is 3. The van der Waals surface area contributed by atoms with Crippen LogP contribution in [0.3, 0.4) is 0 Å². The number of cyclic esters (lactones) is 1. The van der Waals surface area contributed by atoms with Gasteiger partial charge in [0, 0.05) is 29.9 Å². The second-order valence-corrected chi connectivity index (χ2v) is 8.14. The SMILES string of the molecule is CC1CC(O)C2(CO)C(CO)CC=CC2C12CC(c1ccoc1)OC2=O. The molecule has 0 amide bonds. The molecule has 0 bridgehead atoms. The van der Waals surface area contributed by atoms with Crippen molar-refractivity contribution in [1.29, 1.82) is 0 Å². The molecule has 7 unspecified atom stereocenters. The summed E-state index contributed by atoms with van der Waals surface area (Å²) in [6, 6.07) is 1.80. The summed E-state index contributed by atoms with van der Waals surface area (Å²) in [5, 5.41) is 31.2. The average Bonchev–Trinajstić information content (AvgIpc) is 3.28. The van der Waals surface area contributed by atoms with Crippen LogP contribution in [0, 0.1) is 28.6 Å². The standard InChI is InChI=1S/C20H26O6/c1-12-7-17(23)20(11-22)14(9-21)3-2-4-16(20)19(12)8-15(26-18(19)24)13-5-6-25-10-13/h2,4-6,10,12,14-17,21-23H,3,7-9,11H2,1H3. The fourth-order valence-corrected chi connectivity index (χ4v) is 5.78. The molecule has 2 aliphatic carbocycles. The molecule has 142 valence electrons. The van der Waals surface area contributed by atoms with E-state index in [4.69, 9.17) is 9.15 Å². The zero-order valence-corrected chi connectivity index (χ0v) is 14.9. The third kappa shape index (κ3) is 2.12. The number of carbonyl (C=O) groups is 1. The van der Waals surface area contributed by atoms with Crippen molar-refractivity contribution in [2.45, 2.75) is 38.4 Å². The zero-order valence-electron chi connectivity index (χ0n) is 14.9. The predicted octanol–water partition coefficient (Wildman–Crippen LogP) is 1.82. The Morgan fingerprint density at radius 2 is 2.15 bits per heavy atom. The molecule has 3 N–H and O–H groups in total. The van der Waals surface area contributed by atoms with Gasteiger partial charge >= 0.3 is 5.97 Å². The molecule has 0 aromatic carbocycles. The minimum Gasteiger partial charge on any atom is -0.472 e. The van der Waals surface area contributed by atoms with Gasteiger partial charge < -0.3 is 24.5 Å². The van der Waals surface area contributed by atoms with Crippen LogP contribution in [0.1, 0.15) is 37.9 Å². The molecule has 0 radical (unpaired) electrons. The van der Waals surface area contributed by atoms with E-state index < -0.39 is 23.0 Å². The lowest BCUT2D eigenvalue weighted by atomic mass is 9.44. The zero-order chi connectivity index (χ0) is 18.5. The highest BCUT2D eigenvalue weighted by Gasteiger charge is 2.68. The number of esters is 1. The Labute approximate surface area is 152 Å². The smallest absolute Gasteiger partial charge is 0.313 e. The molecule has 6 heteroatoms. The van der Waals surface area contributed by atoms with Gasteiger partial charge in [0.05, 0.1) is 30.7 Å². The second kappa shape index (κ2) is 6.22. The van der Waals surface area contributed by atoms with Gasteiger partial charge in [-0.2, -0.15) is 0 Å². The number of furan rings is 1. The van der Waals surface area contributed by atoms with Gasteiger partial charge in [0.2, 0.25) is 0 Å². The Morgan fingerprint density at radius 3 is 2.81 bits per heavy atom. The molecule has 1 aliphatic heterocycles. The highest BCUT2D eigenvalue weighted by molar-refractivity contribution is 5.81. The summed E-state index contributed by atoms with van der Waals surface area (Å²) in [6.07, 6.45) is 7.36. The van der Waals surface area contributed by atoms with Crippen LogP contribution in [0.4, 0.5) is 0 Å². The van der Waals surface area contributed by atoms with Crippen LogP contribution in [-0.2, 0) is 9.53 Å². The molecule has 1 aromatic heterocycles. The second-order valence-electron chi connectivity index (χ2n) is 8.14. The predicted molar refractivity (Wildman–Crippen MR) is 91.7 cm³/mol. The van der Waals surface area contributed by atoms with E-state index >= 15 is 0 Å². The first-order valence-electron chi connectivity index (χ1n) is 9.30.